The van der Waals surface area contributed by atoms with Crippen molar-refractivity contribution < 1.29 is 19.3 Å². The van der Waals surface area contributed by atoms with E-state index in [4.69, 9.17) is 0 Å². The maximum absolute atomic E-state index is 13.0. The highest BCUT2D eigenvalue weighted by Crippen LogP contribution is 2.43. The summed E-state index contributed by atoms with van der Waals surface area (Å²) in [5, 5.41) is 17.4. The van der Waals surface area contributed by atoms with Gasteiger partial charge in [-0.05, 0) is 61.6 Å². The van der Waals surface area contributed by atoms with Crippen LogP contribution in [0.3, 0.4) is 0 Å². The van der Waals surface area contributed by atoms with Crippen LogP contribution in [-0.4, -0.2) is 22.6 Å². The van der Waals surface area contributed by atoms with Gasteiger partial charge in [0.2, 0.25) is 17.7 Å². The number of hydrogen-bond acceptors (Lipinski definition) is 6. The highest BCUT2D eigenvalue weighted by atomic mass is 16.6. The van der Waals surface area contributed by atoms with Crippen LogP contribution in [0.5, 0.6) is 0 Å². The number of nitro benzene ring substituents is 1. The molecule has 9 heteroatoms. The average molecular weight is 436 g/mol. The molecule has 32 heavy (non-hydrogen) atoms. The first kappa shape index (κ1) is 21.5. The first-order valence-electron chi connectivity index (χ1n) is 10.6. The molecule has 0 bridgehead atoms. The molecule has 1 aliphatic carbocycles. The Morgan fingerprint density at radius 3 is 2.34 bits per heavy atom. The van der Waals surface area contributed by atoms with E-state index >= 15 is 0 Å². The summed E-state index contributed by atoms with van der Waals surface area (Å²) in [4.78, 5) is 49.3. The quantitative estimate of drug-likeness (QED) is 0.411. The summed E-state index contributed by atoms with van der Waals surface area (Å²) in [6, 6.07) is 11.0. The molecule has 4 rings (SSSR count). The number of nitrogens with one attached hydrogen (secondary N) is 2. The van der Waals surface area contributed by atoms with Crippen LogP contribution in [0.1, 0.15) is 33.1 Å². The number of hydrogen-bond donors (Lipinski definition) is 2. The second-order valence-electron chi connectivity index (χ2n) is 8.49. The smallest absolute Gasteiger partial charge is 0.294 e. The third-order valence-electron chi connectivity index (χ3n) is 6.11. The van der Waals surface area contributed by atoms with Crippen LogP contribution in [0.15, 0.2) is 42.5 Å². The largest absolute Gasteiger partial charge is 0.350 e. The van der Waals surface area contributed by atoms with Gasteiger partial charge in [0.05, 0.1) is 22.4 Å². The van der Waals surface area contributed by atoms with E-state index in [1.807, 2.05) is 0 Å². The topological polar surface area (TPSA) is 122 Å². The predicted molar refractivity (Wildman–Crippen MR) is 120 cm³/mol. The Morgan fingerprint density at radius 2 is 1.69 bits per heavy atom. The highest BCUT2D eigenvalue weighted by Gasteiger charge is 2.50. The number of carbonyl (C=O) groups excluding carboxylic acids is 3. The molecule has 166 valence electrons. The molecule has 2 aromatic carbocycles. The van der Waals surface area contributed by atoms with Gasteiger partial charge < -0.3 is 10.6 Å². The van der Waals surface area contributed by atoms with Crippen LogP contribution in [0.2, 0.25) is 0 Å². The van der Waals surface area contributed by atoms with Crippen molar-refractivity contribution in [1.82, 2.24) is 0 Å². The third-order valence-corrected chi connectivity index (χ3v) is 6.11. The van der Waals surface area contributed by atoms with Gasteiger partial charge in [0, 0.05) is 24.4 Å². The van der Waals surface area contributed by atoms with E-state index in [2.05, 4.69) is 17.6 Å². The minimum atomic E-state index is -0.544. The SMILES string of the molecule is CC(=O)Nc1ccc(Nc2ccc(N3C(=O)[C@@H]4CC[C@H](C)C[C@H]4C3=O)cc2[N+](=O)[O-])cc1. The van der Waals surface area contributed by atoms with Gasteiger partial charge in [-0.15, -0.1) is 0 Å². The third kappa shape index (κ3) is 4.05. The standard InChI is InChI=1S/C23H24N4O5/c1-13-3-9-18-19(11-13)23(30)26(22(18)29)17-8-10-20(21(12-17)27(31)32)25-16-6-4-15(5-7-16)24-14(2)28/h4-8,10,12-13,18-19,25H,3,9,11H2,1-2H3,(H,24,28)/t13-,18+,19+/m0/s1. The van der Waals surface area contributed by atoms with Crippen LogP contribution in [-0.2, 0) is 14.4 Å². The van der Waals surface area contributed by atoms with E-state index in [-0.39, 0.29) is 46.6 Å². The molecule has 3 amide bonds. The Morgan fingerprint density at radius 1 is 1.03 bits per heavy atom. The molecular weight excluding hydrogens is 412 g/mol. The minimum absolute atomic E-state index is 0.197. The fourth-order valence-corrected chi connectivity index (χ4v) is 4.56. The van der Waals surface area contributed by atoms with Gasteiger partial charge in [-0.1, -0.05) is 6.92 Å². The number of benzene rings is 2. The van der Waals surface area contributed by atoms with E-state index < -0.39 is 4.92 Å². The lowest BCUT2D eigenvalue weighted by Crippen LogP contribution is -2.30. The van der Waals surface area contributed by atoms with E-state index in [9.17, 15) is 24.5 Å². The molecule has 2 aromatic rings. The Hall–Kier alpha value is -3.75. The van der Waals surface area contributed by atoms with E-state index in [0.717, 1.165) is 11.3 Å². The Bertz CT molecular complexity index is 1100. The first-order valence-corrected chi connectivity index (χ1v) is 10.6. The van der Waals surface area contributed by atoms with Gasteiger partial charge in [0.15, 0.2) is 0 Å². The fraction of sp³-hybridized carbons (Fsp3) is 0.348. The Labute approximate surface area is 184 Å². The lowest BCUT2D eigenvalue weighted by molar-refractivity contribution is -0.383. The van der Waals surface area contributed by atoms with Crippen molar-refractivity contribution in [3.05, 3.63) is 52.6 Å². The summed E-state index contributed by atoms with van der Waals surface area (Å²) in [5.41, 5.74) is 1.41. The number of nitrogens with zero attached hydrogens (tertiary/aromatic N) is 2. The minimum Gasteiger partial charge on any atom is -0.350 e. The molecule has 0 spiro atoms. The van der Waals surface area contributed by atoms with Gasteiger partial charge >= 0.3 is 0 Å². The van der Waals surface area contributed by atoms with Crippen molar-refractivity contribution in [2.24, 2.45) is 17.8 Å². The van der Waals surface area contributed by atoms with Gasteiger partial charge in [-0.3, -0.25) is 24.5 Å². The second-order valence-corrected chi connectivity index (χ2v) is 8.49. The van der Waals surface area contributed by atoms with Crippen LogP contribution >= 0.6 is 0 Å². The molecule has 2 aliphatic rings. The summed E-state index contributed by atoms with van der Waals surface area (Å²) < 4.78 is 0. The molecule has 0 aromatic heterocycles. The number of amides is 3. The van der Waals surface area contributed by atoms with Crippen LogP contribution < -0.4 is 15.5 Å². The molecule has 1 heterocycles. The molecule has 9 nitrogen and oxygen atoms in total. The predicted octanol–water partition coefficient (Wildman–Crippen LogP) is 4.22. The molecule has 1 aliphatic heterocycles. The molecule has 1 saturated heterocycles. The maximum Gasteiger partial charge on any atom is 0.294 e. The number of anilines is 4. The van der Waals surface area contributed by atoms with Gasteiger partial charge in [0.1, 0.15) is 5.69 Å². The van der Waals surface area contributed by atoms with Gasteiger partial charge in [0.25, 0.3) is 5.69 Å². The van der Waals surface area contributed by atoms with Crippen molar-refractivity contribution in [1.29, 1.82) is 0 Å². The fourth-order valence-electron chi connectivity index (χ4n) is 4.56. The van der Waals surface area contributed by atoms with E-state index in [1.54, 1.807) is 30.3 Å². The van der Waals surface area contributed by atoms with Gasteiger partial charge in [-0.2, -0.15) is 0 Å². The zero-order valence-corrected chi connectivity index (χ0v) is 17.8. The number of fused-ring (bicyclic) bond motifs is 1. The monoisotopic (exact) mass is 436 g/mol. The number of carbonyl (C=O) groups is 3. The summed E-state index contributed by atoms with van der Waals surface area (Å²) in [5.74, 6) is -1.03. The van der Waals surface area contributed by atoms with Crippen molar-refractivity contribution in [3.63, 3.8) is 0 Å². The second kappa shape index (κ2) is 8.41. The molecular formula is C23H24N4O5. The van der Waals surface area contributed by atoms with E-state index in [0.29, 0.717) is 30.1 Å². The highest BCUT2D eigenvalue weighted by molar-refractivity contribution is 6.22. The molecule has 2 N–H and O–H groups in total. The van der Waals surface area contributed by atoms with Crippen LogP contribution in [0.25, 0.3) is 0 Å². The summed E-state index contributed by atoms with van der Waals surface area (Å²) in [7, 11) is 0. The summed E-state index contributed by atoms with van der Waals surface area (Å²) in [6.07, 6.45) is 2.24. The number of imide groups is 1. The van der Waals surface area contributed by atoms with Crippen molar-refractivity contribution >= 4 is 46.2 Å². The molecule has 0 unspecified atom stereocenters. The number of rotatable bonds is 5. The average Bonchev–Trinajstić information content (AvgIpc) is 2.99. The summed E-state index contributed by atoms with van der Waals surface area (Å²) >= 11 is 0. The first-order chi connectivity index (χ1) is 15.2. The van der Waals surface area contributed by atoms with Crippen LogP contribution in [0.4, 0.5) is 28.4 Å². The van der Waals surface area contributed by atoms with E-state index in [1.165, 1.54) is 19.1 Å². The zero-order valence-electron chi connectivity index (χ0n) is 17.8. The molecule has 1 saturated carbocycles. The molecule has 0 radical (unpaired) electrons. The normalized spacial score (nSPS) is 22.4. The van der Waals surface area contributed by atoms with Crippen LogP contribution in [0, 0.1) is 27.9 Å². The number of nitro groups is 1. The summed E-state index contributed by atoms with van der Waals surface area (Å²) in [6.45, 7) is 3.48. The lowest BCUT2D eigenvalue weighted by atomic mass is 9.76. The Kier molecular flexibility index (Phi) is 5.65. The molecule has 3 atom stereocenters. The van der Waals surface area contributed by atoms with Gasteiger partial charge in [-0.25, -0.2) is 4.90 Å². The lowest BCUT2D eigenvalue weighted by Gasteiger charge is -2.25. The van der Waals surface area contributed by atoms with Crippen molar-refractivity contribution in [2.75, 3.05) is 15.5 Å². The molecule has 2 fully saturated rings. The zero-order chi connectivity index (χ0) is 23.0. The maximum atomic E-state index is 13.0. The van der Waals surface area contributed by atoms with Crippen molar-refractivity contribution in [2.45, 2.75) is 33.1 Å². The Balaban J connectivity index is 1.60. The van der Waals surface area contributed by atoms with Crippen molar-refractivity contribution in [3.8, 4) is 0 Å².